The van der Waals surface area contributed by atoms with E-state index in [9.17, 15) is 9.59 Å². The number of esters is 1. The van der Waals surface area contributed by atoms with Crippen molar-refractivity contribution in [2.75, 3.05) is 13.2 Å². The van der Waals surface area contributed by atoms with Gasteiger partial charge in [-0.3, -0.25) is 4.79 Å². The first-order valence-electron chi connectivity index (χ1n) is 13.9. The summed E-state index contributed by atoms with van der Waals surface area (Å²) < 4.78 is 17.3. The van der Waals surface area contributed by atoms with Gasteiger partial charge in [0.25, 0.3) is 0 Å². The smallest absolute Gasteiger partial charge is 0.327 e. The summed E-state index contributed by atoms with van der Waals surface area (Å²) in [6, 6.07) is 22.5. The zero-order chi connectivity index (χ0) is 28.8. The molecule has 212 valence electrons. The molecular weight excluding hydrogens is 520 g/mol. The van der Waals surface area contributed by atoms with E-state index in [1.165, 1.54) is 0 Å². The topological polar surface area (TPSA) is 125 Å². The SMILES string of the molecule is Cc1oc(-c2ccc(-c3ccccc3)cc2)nc1CCOc1ccc(CCC(=O)O)c(C(N)C(=O)OCC2CC2)c1. The van der Waals surface area contributed by atoms with Crippen LogP contribution in [0.25, 0.3) is 22.6 Å². The lowest BCUT2D eigenvalue weighted by atomic mass is 9.97. The quantitative estimate of drug-likeness (QED) is 0.196. The normalized spacial score (nSPS) is 13.5. The van der Waals surface area contributed by atoms with Crippen LogP contribution in [-0.4, -0.2) is 35.2 Å². The first-order chi connectivity index (χ1) is 19.9. The van der Waals surface area contributed by atoms with Gasteiger partial charge in [-0.2, -0.15) is 0 Å². The molecule has 41 heavy (non-hydrogen) atoms. The third kappa shape index (κ3) is 7.41. The van der Waals surface area contributed by atoms with E-state index in [1.54, 1.807) is 18.2 Å². The van der Waals surface area contributed by atoms with E-state index in [-0.39, 0.29) is 12.8 Å². The molecule has 1 aliphatic carbocycles. The Balaban J connectivity index is 1.23. The van der Waals surface area contributed by atoms with Crippen LogP contribution < -0.4 is 10.5 Å². The average Bonchev–Trinajstić information content (AvgIpc) is 3.75. The second-order valence-electron chi connectivity index (χ2n) is 10.4. The van der Waals surface area contributed by atoms with Gasteiger partial charge in [0.2, 0.25) is 5.89 Å². The molecule has 1 fully saturated rings. The summed E-state index contributed by atoms with van der Waals surface area (Å²) in [6.07, 6.45) is 2.82. The van der Waals surface area contributed by atoms with Crippen LogP contribution >= 0.6 is 0 Å². The Hall–Kier alpha value is -4.43. The van der Waals surface area contributed by atoms with Gasteiger partial charge in [0.05, 0.1) is 18.9 Å². The molecule has 0 bridgehead atoms. The molecule has 1 saturated carbocycles. The zero-order valence-electron chi connectivity index (χ0n) is 23.0. The number of nitrogens with zero attached hydrogens (tertiary/aromatic N) is 1. The number of carboxylic acid groups (broad SMARTS) is 1. The molecule has 1 heterocycles. The van der Waals surface area contributed by atoms with Crippen molar-refractivity contribution in [3.8, 4) is 28.3 Å². The van der Waals surface area contributed by atoms with Gasteiger partial charge in [-0.25, -0.2) is 9.78 Å². The minimum absolute atomic E-state index is 0.0696. The third-order valence-electron chi connectivity index (χ3n) is 7.21. The number of rotatable bonds is 13. The molecule has 1 atom stereocenters. The number of hydrogen-bond acceptors (Lipinski definition) is 7. The molecule has 8 heteroatoms. The highest BCUT2D eigenvalue weighted by molar-refractivity contribution is 5.78. The minimum atomic E-state index is -1.02. The standard InChI is InChI=1S/C33H34N2O6/c1-21-29(35-32(41-21)26-11-9-24(10-12-26)23-5-3-2-4-6-23)17-18-39-27-15-13-25(14-16-30(36)37)28(19-27)31(34)33(38)40-20-22-7-8-22/h2-6,9-13,15,19,22,31H,7-8,14,16-18,20,34H2,1H3,(H,36,37). The summed E-state index contributed by atoms with van der Waals surface area (Å²) in [4.78, 5) is 28.4. The number of hydrogen-bond donors (Lipinski definition) is 2. The first-order valence-corrected chi connectivity index (χ1v) is 13.9. The van der Waals surface area contributed by atoms with E-state index in [0.29, 0.717) is 48.3 Å². The maximum atomic E-state index is 12.6. The molecule has 1 unspecified atom stereocenters. The summed E-state index contributed by atoms with van der Waals surface area (Å²) in [5, 5.41) is 9.14. The molecule has 0 radical (unpaired) electrons. The number of nitrogens with two attached hydrogens (primary N) is 1. The fourth-order valence-electron chi connectivity index (χ4n) is 4.61. The number of carbonyl (C=O) groups is 2. The second-order valence-corrected chi connectivity index (χ2v) is 10.4. The average molecular weight is 555 g/mol. The van der Waals surface area contributed by atoms with E-state index in [0.717, 1.165) is 41.0 Å². The molecule has 0 saturated heterocycles. The van der Waals surface area contributed by atoms with Crippen LogP contribution in [0.15, 0.2) is 77.2 Å². The fraction of sp³-hybridized carbons (Fsp3) is 0.303. The molecule has 0 spiro atoms. The van der Waals surface area contributed by atoms with Gasteiger partial charge >= 0.3 is 11.9 Å². The third-order valence-corrected chi connectivity index (χ3v) is 7.21. The van der Waals surface area contributed by atoms with Crippen LogP contribution in [0.3, 0.4) is 0 Å². The number of ether oxygens (including phenoxy) is 2. The van der Waals surface area contributed by atoms with E-state index < -0.39 is 18.0 Å². The van der Waals surface area contributed by atoms with Gasteiger partial charge < -0.3 is 24.7 Å². The maximum Gasteiger partial charge on any atom is 0.327 e. The van der Waals surface area contributed by atoms with Crippen molar-refractivity contribution in [3.05, 3.63) is 95.4 Å². The van der Waals surface area contributed by atoms with Gasteiger partial charge in [-0.1, -0.05) is 48.5 Å². The van der Waals surface area contributed by atoms with Gasteiger partial charge in [0.15, 0.2) is 0 Å². The largest absolute Gasteiger partial charge is 0.493 e. The highest BCUT2D eigenvalue weighted by Gasteiger charge is 2.27. The molecule has 3 N–H and O–H groups in total. The van der Waals surface area contributed by atoms with Crippen LogP contribution in [0.4, 0.5) is 0 Å². The Labute approximate surface area is 239 Å². The van der Waals surface area contributed by atoms with Crippen LogP contribution in [0.5, 0.6) is 5.75 Å². The molecule has 0 amide bonds. The summed E-state index contributed by atoms with van der Waals surface area (Å²) in [7, 11) is 0. The van der Waals surface area contributed by atoms with Gasteiger partial charge in [0.1, 0.15) is 17.6 Å². The number of aromatic nitrogens is 1. The minimum Gasteiger partial charge on any atom is -0.493 e. The lowest BCUT2D eigenvalue weighted by Gasteiger charge is -2.17. The Morgan fingerprint density at radius 2 is 1.71 bits per heavy atom. The predicted octanol–water partition coefficient (Wildman–Crippen LogP) is 5.91. The van der Waals surface area contributed by atoms with Crippen LogP contribution in [0.1, 0.15) is 47.9 Å². The monoisotopic (exact) mass is 554 g/mol. The van der Waals surface area contributed by atoms with Crippen molar-refractivity contribution >= 4 is 11.9 Å². The van der Waals surface area contributed by atoms with Gasteiger partial charge in [0, 0.05) is 18.4 Å². The zero-order valence-corrected chi connectivity index (χ0v) is 23.0. The number of benzene rings is 3. The summed E-state index contributed by atoms with van der Waals surface area (Å²) >= 11 is 0. The molecule has 1 aliphatic rings. The van der Waals surface area contributed by atoms with Crippen molar-refractivity contribution in [1.82, 2.24) is 4.98 Å². The lowest BCUT2D eigenvalue weighted by molar-refractivity contribution is -0.146. The number of oxazole rings is 1. The van der Waals surface area contributed by atoms with Crippen LogP contribution in [0, 0.1) is 12.8 Å². The summed E-state index contributed by atoms with van der Waals surface area (Å²) in [5.74, 6) is 0.784. The Bertz CT molecular complexity index is 1490. The highest BCUT2D eigenvalue weighted by atomic mass is 16.5. The molecular formula is C33H34N2O6. The highest BCUT2D eigenvalue weighted by Crippen LogP contribution is 2.30. The van der Waals surface area contributed by atoms with Gasteiger partial charge in [-0.15, -0.1) is 0 Å². The number of carboxylic acids is 1. The summed E-state index contributed by atoms with van der Waals surface area (Å²) in [6.45, 7) is 2.57. The molecule has 1 aromatic heterocycles. The van der Waals surface area contributed by atoms with E-state index in [2.05, 4.69) is 24.3 Å². The van der Waals surface area contributed by atoms with Gasteiger partial charge in [-0.05, 0) is 78.6 Å². The van der Waals surface area contributed by atoms with Crippen molar-refractivity contribution in [2.24, 2.45) is 11.7 Å². The number of aliphatic carboxylic acids is 1. The fourth-order valence-corrected chi connectivity index (χ4v) is 4.61. The Kier molecular flexibility index (Phi) is 8.79. The van der Waals surface area contributed by atoms with E-state index in [1.807, 2.05) is 37.3 Å². The van der Waals surface area contributed by atoms with Crippen molar-refractivity contribution < 1.29 is 28.6 Å². The van der Waals surface area contributed by atoms with Crippen molar-refractivity contribution in [1.29, 1.82) is 0 Å². The molecule has 4 aromatic rings. The second kappa shape index (κ2) is 12.8. The van der Waals surface area contributed by atoms with Crippen molar-refractivity contribution in [3.63, 3.8) is 0 Å². The van der Waals surface area contributed by atoms with Crippen LogP contribution in [-0.2, 0) is 27.2 Å². The number of aryl methyl sites for hydroxylation is 2. The molecule has 8 nitrogen and oxygen atoms in total. The summed E-state index contributed by atoms with van der Waals surface area (Å²) in [5.41, 5.74) is 11.4. The molecule has 3 aromatic carbocycles. The van der Waals surface area contributed by atoms with Crippen LogP contribution in [0.2, 0.25) is 0 Å². The lowest BCUT2D eigenvalue weighted by Crippen LogP contribution is -2.26. The Morgan fingerprint density at radius 3 is 2.41 bits per heavy atom. The van der Waals surface area contributed by atoms with E-state index in [4.69, 9.17) is 29.7 Å². The molecule has 5 rings (SSSR count). The maximum absolute atomic E-state index is 12.6. The first kappa shape index (κ1) is 28.1. The van der Waals surface area contributed by atoms with Crippen molar-refractivity contribution in [2.45, 2.75) is 45.1 Å². The Morgan fingerprint density at radius 1 is 1.00 bits per heavy atom. The number of carbonyl (C=O) groups excluding carboxylic acids is 1. The molecule has 0 aliphatic heterocycles. The van der Waals surface area contributed by atoms with E-state index >= 15 is 0 Å². The predicted molar refractivity (Wildman–Crippen MR) is 154 cm³/mol.